The van der Waals surface area contributed by atoms with E-state index in [-0.39, 0.29) is 11.6 Å². The summed E-state index contributed by atoms with van der Waals surface area (Å²) in [4.78, 5) is 8.06. The minimum absolute atomic E-state index is 0.0716. The largest absolute Gasteiger partial charge is 0.418 e. The molecule has 0 aliphatic rings. The zero-order valence-corrected chi connectivity index (χ0v) is 11.4. The Labute approximate surface area is 120 Å². The molecule has 0 bridgehead atoms. The fraction of sp³-hybridized carbons (Fsp3) is 0.286. The van der Waals surface area contributed by atoms with Gasteiger partial charge in [-0.05, 0) is 24.6 Å². The lowest BCUT2D eigenvalue weighted by atomic mass is 10.1. The molecule has 7 heteroatoms. The molecule has 0 spiro atoms. The normalized spacial score (nSPS) is 11.2. The maximum Gasteiger partial charge on any atom is 0.418 e. The van der Waals surface area contributed by atoms with Gasteiger partial charge in [0.2, 0.25) is 5.95 Å². The van der Waals surface area contributed by atoms with Crippen LogP contribution >= 0.6 is 0 Å². The molecule has 0 saturated carbocycles. The third-order valence-electron chi connectivity index (χ3n) is 2.69. The summed E-state index contributed by atoms with van der Waals surface area (Å²) in [6.07, 6.45) is -2.02. The highest BCUT2D eigenvalue weighted by molar-refractivity contribution is 5.60. The molecule has 112 valence electrons. The zero-order chi connectivity index (χ0) is 15.3. The van der Waals surface area contributed by atoms with E-state index in [0.29, 0.717) is 5.82 Å². The van der Waals surface area contributed by atoms with Crippen molar-refractivity contribution in [2.45, 2.75) is 19.5 Å². The van der Waals surface area contributed by atoms with Crippen LogP contribution in [0.2, 0.25) is 0 Å². The molecule has 0 radical (unpaired) electrons. The Kier molecular flexibility index (Phi) is 4.62. The van der Waals surface area contributed by atoms with Crippen LogP contribution in [0.4, 0.5) is 30.6 Å². The second-order valence-corrected chi connectivity index (χ2v) is 4.36. The number of alkyl halides is 3. The van der Waals surface area contributed by atoms with Crippen molar-refractivity contribution in [1.29, 1.82) is 0 Å². The maximum absolute atomic E-state index is 12.9. The van der Waals surface area contributed by atoms with Crippen LogP contribution in [0.15, 0.2) is 36.5 Å². The van der Waals surface area contributed by atoms with E-state index in [0.717, 1.165) is 19.0 Å². The Balaban J connectivity index is 2.23. The lowest BCUT2D eigenvalue weighted by molar-refractivity contribution is -0.136. The molecule has 1 aromatic heterocycles. The number of benzene rings is 1. The van der Waals surface area contributed by atoms with Crippen molar-refractivity contribution < 1.29 is 13.2 Å². The molecule has 21 heavy (non-hydrogen) atoms. The summed E-state index contributed by atoms with van der Waals surface area (Å²) in [5, 5.41) is 5.67. The molecule has 0 amide bonds. The molecule has 2 N–H and O–H groups in total. The van der Waals surface area contributed by atoms with Crippen LogP contribution in [0.5, 0.6) is 0 Å². The second kappa shape index (κ2) is 6.43. The van der Waals surface area contributed by atoms with Gasteiger partial charge in [0.15, 0.2) is 0 Å². The standard InChI is InChI=1S/C14H15F3N4/c1-2-8-18-12-7-9-19-13(21-12)20-11-6-4-3-5-10(11)14(15,16)17/h3-7,9H,2,8H2,1H3,(H2,18,19,20,21). The monoisotopic (exact) mass is 296 g/mol. The van der Waals surface area contributed by atoms with Crippen LogP contribution in [0.1, 0.15) is 18.9 Å². The summed E-state index contributed by atoms with van der Waals surface area (Å²) in [7, 11) is 0. The van der Waals surface area contributed by atoms with E-state index in [9.17, 15) is 13.2 Å². The quantitative estimate of drug-likeness (QED) is 0.873. The molecule has 0 saturated heterocycles. The number of para-hydroxylation sites is 1. The van der Waals surface area contributed by atoms with Gasteiger partial charge in [0.05, 0.1) is 11.3 Å². The SMILES string of the molecule is CCCNc1ccnc(Nc2ccccc2C(F)(F)F)n1. The number of aromatic nitrogens is 2. The van der Waals surface area contributed by atoms with Crippen LogP contribution < -0.4 is 10.6 Å². The summed E-state index contributed by atoms with van der Waals surface area (Å²) in [5.41, 5.74) is -0.821. The smallest absolute Gasteiger partial charge is 0.370 e. The van der Waals surface area contributed by atoms with E-state index >= 15 is 0 Å². The van der Waals surface area contributed by atoms with Crippen molar-refractivity contribution in [1.82, 2.24) is 9.97 Å². The topological polar surface area (TPSA) is 49.8 Å². The maximum atomic E-state index is 12.9. The molecule has 2 aromatic rings. The predicted molar refractivity (Wildman–Crippen MR) is 75.5 cm³/mol. The average molecular weight is 296 g/mol. The van der Waals surface area contributed by atoms with E-state index in [1.165, 1.54) is 24.4 Å². The molecular formula is C14H15F3N4. The minimum atomic E-state index is -4.43. The van der Waals surface area contributed by atoms with Gasteiger partial charge < -0.3 is 10.6 Å². The first-order valence-electron chi connectivity index (χ1n) is 6.51. The number of anilines is 3. The van der Waals surface area contributed by atoms with Crippen LogP contribution in [0, 0.1) is 0 Å². The number of rotatable bonds is 5. The van der Waals surface area contributed by atoms with Gasteiger partial charge in [-0.3, -0.25) is 0 Å². The molecule has 2 rings (SSSR count). The Hall–Kier alpha value is -2.31. The van der Waals surface area contributed by atoms with Crippen LogP contribution in [-0.2, 0) is 6.18 Å². The summed E-state index contributed by atoms with van der Waals surface area (Å²) >= 11 is 0. The number of nitrogens with zero attached hydrogens (tertiary/aromatic N) is 2. The van der Waals surface area contributed by atoms with Gasteiger partial charge in [-0.15, -0.1) is 0 Å². The van der Waals surface area contributed by atoms with Gasteiger partial charge in [0, 0.05) is 12.7 Å². The number of hydrogen-bond acceptors (Lipinski definition) is 4. The van der Waals surface area contributed by atoms with Crippen LogP contribution in [0.3, 0.4) is 0 Å². The third kappa shape index (κ3) is 4.08. The van der Waals surface area contributed by atoms with Crippen LogP contribution in [-0.4, -0.2) is 16.5 Å². The van der Waals surface area contributed by atoms with E-state index in [1.807, 2.05) is 6.92 Å². The van der Waals surface area contributed by atoms with Crippen molar-refractivity contribution in [2.24, 2.45) is 0 Å². The minimum Gasteiger partial charge on any atom is -0.370 e. The average Bonchev–Trinajstić information content (AvgIpc) is 2.45. The highest BCUT2D eigenvalue weighted by Gasteiger charge is 2.33. The van der Waals surface area contributed by atoms with Crippen molar-refractivity contribution >= 4 is 17.5 Å². The zero-order valence-electron chi connectivity index (χ0n) is 11.4. The van der Waals surface area contributed by atoms with Crippen molar-refractivity contribution in [3.8, 4) is 0 Å². The van der Waals surface area contributed by atoms with Crippen molar-refractivity contribution in [2.75, 3.05) is 17.2 Å². The van der Waals surface area contributed by atoms with Gasteiger partial charge in [-0.1, -0.05) is 19.1 Å². The lowest BCUT2D eigenvalue weighted by Crippen LogP contribution is -2.10. The van der Waals surface area contributed by atoms with Gasteiger partial charge in [0.1, 0.15) is 5.82 Å². The van der Waals surface area contributed by atoms with Gasteiger partial charge in [-0.25, -0.2) is 4.98 Å². The molecule has 0 unspecified atom stereocenters. The highest BCUT2D eigenvalue weighted by Crippen LogP contribution is 2.35. The summed E-state index contributed by atoms with van der Waals surface area (Å²) in [5.74, 6) is 0.687. The van der Waals surface area contributed by atoms with Gasteiger partial charge in [-0.2, -0.15) is 18.2 Å². The first kappa shape index (κ1) is 15.1. The Morgan fingerprint density at radius 2 is 1.90 bits per heavy atom. The number of hydrogen-bond donors (Lipinski definition) is 2. The molecule has 1 heterocycles. The first-order chi connectivity index (χ1) is 10.0. The number of halogens is 3. The summed E-state index contributed by atoms with van der Waals surface area (Å²) in [6.45, 7) is 2.74. The predicted octanol–water partition coefficient (Wildman–Crippen LogP) is 4.06. The fourth-order valence-corrected chi connectivity index (χ4v) is 1.73. The molecule has 1 aromatic carbocycles. The third-order valence-corrected chi connectivity index (χ3v) is 2.69. The van der Waals surface area contributed by atoms with E-state index in [4.69, 9.17) is 0 Å². The van der Waals surface area contributed by atoms with Gasteiger partial charge in [0.25, 0.3) is 0 Å². The van der Waals surface area contributed by atoms with Crippen molar-refractivity contribution in [3.05, 3.63) is 42.1 Å². The Bertz CT molecular complexity index is 599. The van der Waals surface area contributed by atoms with Crippen molar-refractivity contribution in [3.63, 3.8) is 0 Å². The Morgan fingerprint density at radius 3 is 2.62 bits per heavy atom. The first-order valence-corrected chi connectivity index (χ1v) is 6.51. The fourth-order valence-electron chi connectivity index (χ4n) is 1.73. The molecule has 0 aliphatic carbocycles. The van der Waals surface area contributed by atoms with E-state index in [1.54, 1.807) is 6.07 Å². The molecular weight excluding hydrogens is 281 g/mol. The second-order valence-electron chi connectivity index (χ2n) is 4.36. The molecule has 0 aliphatic heterocycles. The number of nitrogens with one attached hydrogen (secondary N) is 2. The summed E-state index contributed by atoms with van der Waals surface area (Å²) < 4.78 is 38.7. The lowest BCUT2D eigenvalue weighted by Gasteiger charge is -2.13. The molecule has 4 nitrogen and oxygen atoms in total. The molecule has 0 atom stereocenters. The van der Waals surface area contributed by atoms with Crippen LogP contribution in [0.25, 0.3) is 0 Å². The molecule has 0 fully saturated rings. The van der Waals surface area contributed by atoms with E-state index < -0.39 is 11.7 Å². The highest BCUT2D eigenvalue weighted by atomic mass is 19.4. The van der Waals surface area contributed by atoms with Gasteiger partial charge >= 0.3 is 6.18 Å². The summed E-state index contributed by atoms with van der Waals surface area (Å²) in [6, 6.07) is 6.89. The van der Waals surface area contributed by atoms with E-state index in [2.05, 4.69) is 20.6 Å². The Morgan fingerprint density at radius 1 is 1.14 bits per heavy atom.